The third kappa shape index (κ3) is 8.66. The quantitative estimate of drug-likeness (QED) is 0.166. The number of amides is 4. The van der Waals surface area contributed by atoms with Gasteiger partial charge in [-0.1, -0.05) is 76.0 Å². The van der Waals surface area contributed by atoms with Crippen molar-refractivity contribution in [3.8, 4) is 0 Å². The van der Waals surface area contributed by atoms with Crippen molar-refractivity contribution in [1.29, 1.82) is 0 Å². The topological polar surface area (TPSA) is 74.8 Å². The molecule has 0 spiro atoms. The Labute approximate surface area is 221 Å². The van der Waals surface area contributed by atoms with Crippen LogP contribution in [0.15, 0.2) is 0 Å². The molecule has 0 aromatic heterocycles. The first kappa shape index (κ1) is 29.9. The highest BCUT2D eigenvalue weighted by Gasteiger charge is 2.42. The first-order valence-electron chi connectivity index (χ1n) is 12.2. The van der Waals surface area contributed by atoms with Gasteiger partial charge in [0.05, 0.1) is 10.5 Å². The van der Waals surface area contributed by atoms with Crippen LogP contribution in [0.4, 0.5) is 0 Å². The lowest BCUT2D eigenvalue weighted by atomic mass is 10.0. The van der Waals surface area contributed by atoms with E-state index in [1.165, 1.54) is 9.80 Å². The molecule has 0 saturated carbocycles. The largest absolute Gasteiger partial charge is 0.281 e. The average Bonchev–Trinajstić information content (AvgIpc) is 3.16. The lowest BCUT2D eigenvalue weighted by Gasteiger charge is -2.30. The number of hydrogen-bond acceptors (Lipinski definition) is 8. The maximum absolute atomic E-state index is 12.9. The molecule has 0 aromatic carbocycles. The molecule has 2 saturated heterocycles. The van der Waals surface area contributed by atoms with Crippen LogP contribution < -0.4 is 0 Å². The van der Waals surface area contributed by atoms with E-state index in [1.54, 1.807) is 45.1 Å². The molecule has 34 heavy (non-hydrogen) atoms. The third-order valence-corrected chi connectivity index (χ3v) is 11.5. The highest BCUT2D eigenvalue weighted by molar-refractivity contribution is 8.76. The molecule has 2 rings (SSSR count). The predicted molar refractivity (Wildman–Crippen MR) is 148 cm³/mol. The van der Waals surface area contributed by atoms with Crippen LogP contribution in [0, 0.1) is 0 Å². The van der Waals surface area contributed by atoms with Crippen LogP contribution in [0.1, 0.15) is 80.1 Å². The number of imide groups is 2. The summed E-state index contributed by atoms with van der Waals surface area (Å²) in [5.74, 6) is 0.995. The van der Waals surface area contributed by atoms with Gasteiger partial charge in [-0.2, -0.15) is 0 Å². The van der Waals surface area contributed by atoms with Gasteiger partial charge in [-0.05, 0) is 12.8 Å². The number of thioether (sulfide) groups is 2. The van der Waals surface area contributed by atoms with E-state index in [2.05, 4.69) is 41.5 Å². The van der Waals surface area contributed by atoms with Crippen LogP contribution in [0.2, 0.25) is 0 Å². The van der Waals surface area contributed by atoms with E-state index < -0.39 is 0 Å². The lowest BCUT2D eigenvalue weighted by Crippen LogP contribution is -2.34. The van der Waals surface area contributed by atoms with E-state index in [9.17, 15) is 19.2 Å². The maximum Gasteiger partial charge on any atom is 0.242 e. The summed E-state index contributed by atoms with van der Waals surface area (Å²) in [5.41, 5.74) is 0. The Morgan fingerprint density at radius 1 is 0.794 bits per heavy atom. The van der Waals surface area contributed by atoms with Crippen LogP contribution in [-0.2, 0) is 19.2 Å². The smallest absolute Gasteiger partial charge is 0.242 e. The van der Waals surface area contributed by atoms with Gasteiger partial charge in [0.25, 0.3) is 0 Å². The van der Waals surface area contributed by atoms with Crippen molar-refractivity contribution < 1.29 is 19.2 Å². The van der Waals surface area contributed by atoms with Crippen molar-refractivity contribution in [2.75, 3.05) is 24.6 Å². The van der Waals surface area contributed by atoms with E-state index in [4.69, 9.17) is 0 Å². The van der Waals surface area contributed by atoms with E-state index >= 15 is 0 Å². The van der Waals surface area contributed by atoms with Crippen molar-refractivity contribution in [2.45, 2.75) is 100 Å². The first-order valence-corrected chi connectivity index (χ1v) is 16.4. The van der Waals surface area contributed by atoms with Gasteiger partial charge in [-0.3, -0.25) is 29.0 Å². The molecule has 6 nitrogen and oxygen atoms in total. The normalized spacial score (nSPS) is 23.4. The molecule has 3 atom stereocenters. The zero-order valence-corrected chi connectivity index (χ0v) is 24.7. The summed E-state index contributed by atoms with van der Waals surface area (Å²) in [5, 5.41) is -0.544. The summed E-state index contributed by atoms with van der Waals surface area (Å²) in [6.45, 7) is 13.5. The lowest BCUT2D eigenvalue weighted by molar-refractivity contribution is -0.139. The van der Waals surface area contributed by atoms with Crippen LogP contribution >= 0.6 is 45.1 Å². The van der Waals surface area contributed by atoms with Crippen molar-refractivity contribution in [2.24, 2.45) is 0 Å². The summed E-state index contributed by atoms with van der Waals surface area (Å²) in [7, 11) is 3.16. The third-order valence-electron chi connectivity index (χ3n) is 6.01. The molecule has 4 amide bonds. The molecule has 0 bridgehead atoms. The summed E-state index contributed by atoms with van der Waals surface area (Å²) >= 11 is 3.24. The van der Waals surface area contributed by atoms with Crippen LogP contribution in [0.25, 0.3) is 0 Å². The molecule has 0 aromatic rings. The Hall–Kier alpha value is -0.320. The molecule has 194 valence electrons. The second-order valence-electron chi connectivity index (χ2n) is 10.1. The Morgan fingerprint density at radius 2 is 1.26 bits per heavy atom. The van der Waals surface area contributed by atoms with Gasteiger partial charge in [0.1, 0.15) is 0 Å². The van der Waals surface area contributed by atoms with E-state index in [0.717, 1.165) is 25.7 Å². The highest BCUT2D eigenvalue weighted by atomic mass is 33.1. The molecule has 0 aliphatic carbocycles. The van der Waals surface area contributed by atoms with Gasteiger partial charge < -0.3 is 0 Å². The molecule has 2 aliphatic rings. The fraction of sp³-hybridized carbons (Fsp3) is 0.833. The van der Waals surface area contributed by atoms with Gasteiger partial charge in [-0.25, -0.2) is 0 Å². The summed E-state index contributed by atoms with van der Waals surface area (Å²) in [6, 6.07) is 0. The Kier molecular flexibility index (Phi) is 11.7. The van der Waals surface area contributed by atoms with Crippen molar-refractivity contribution in [3.63, 3.8) is 0 Å². The first-order chi connectivity index (χ1) is 15.9. The second kappa shape index (κ2) is 13.3. The van der Waals surface area contributed by atoms with Gasteiger partial charge in [0.15, 0.2) is 0 Å². The van der Waals surface area contributed by atoms with Crippen LogP contribution in [-0.4, -0.2) is 78.0 Å². The van der Waals surface area contributed by atoms with Gasteiger partial charge >= 0.3 is 0 Å². The summed E-state index contributed by atoms with van der Waals surface area (Å²) in [4.78, 5) is 52.9. The van der Waals surface area contributed by atoms with Crippen LogP contribution in [0.5, 0.6) is 0 Å². The zero-order valence-electron chi connectivity index (χ0n) is 21.4. The molecule has 2 aliphatic heterocycles. The van der Waals surface area contributed by atoms with Crippen LogP contribution in [0.3, 0.4) is 0 Å². The van der Waals surface area contributed by atoms with E-state index in [1.807, 2.05) is 0 Å². The molecule has 3 unspecified atom stereocenters. The minimum Gasteiger partial charge on any atom is -0.281 e. The number of carbonyl (C=O) groups excluding carboxylic acids is 4. The fourth-order valence-electron chi connectivity index (χ4n) is 3.97. The van der Waals surface area contributed by atoms with Crippen molar-refractivity contribution in [3.05, 3.63) is 0 Å². The molecule has 0 radical (unpaired) electrons. The molecule has 2 fully saturated rings. The molecular weight excluding hydrogens is 509 g/mol. The van der Waals surface area contributed by atoms with E-state index in [-0.39, 0.29) is 50.0 Å². The van der Waals surface area contributed by atoms with E-state index in [0.29, 0.717) is 31.0 Å². The number of carbonyl (C=O) groups is 4. The molecule has 0 N–H and O–H groups in total. The Morgan fingerprint density at radius 3 is 1.68 bits per heavy atom. The van der Waals surface area contributed by atoms with Gasteiger partial charge in [0, 0.05) is 46.9 Å². The summed E-state index contributed by atoms with van der Waals surface area (Å²) < 4.78 is -0.0279. The number of rotatable bonds is 14. The average molecular weight is 549 g/mol. The van der Waals surface area contributed by atoms with Crippen molar-refractivity contribution >= 4 is 68.7 Å². The number of hydrogen-bond donors (Lipinski definition) is 0. The Bertz CT molecular complexity index is 758. The van der Waals surface area contributed by atoms with Gasteiger partial charge in [-0.15, -0.1) is 23.5 Å². The standard InChI is InChI=1S/C24H40N2O4S4/c1-7-9-10-24(6,8-2)34-18-16-20(28)26(22(18)30)12-14-32-31-13-11-25-19(27)15-17(21(25)29)33-23(3,4)5/h17-18H,7-16H2,1-6H3. The predicted octanol–water partition coefficient (Wildman–Crippen LogP) is 5.25. The SMILES string of the molecule is CCCCC(C)(CC)SC1CC(=O)N(CCSSCCN2C(=O)CC(SC(C)(C)C)C2=O)C1=O. The fourth-order valence-corrected chi connectivity index (χ4v) is 8.76. The monoisotopic (exact) mass is 548 g/mol. The minimum atomic E-state index is -0.278. The highest BCUT2D eigenvalue weighted by Crippen LogP contribution is 2.41. The molecule has 2 heterocycles. The Balaban J connectivity index is 1.71. The second-order valence-corrected chi connectivity index (χ2v) is 16.6. The number of nitrogens with zero attached hydrogens (tertiary/aromatic N) is 2. The van der Waals surface area contributed by atoms with Crippen molar-refractivity contribution in [1.82, 2.24) is 9.80 Å². The molecular formula is C24H40N2O4S4. The number of unbranched alkanes of at least 4 members (excludes halogenated alkanes) is 1. The zero-order chi connectivity index (χ0) is 25.5. The maximum atomic E-state index is 12.9. The molecule has 10 heteroatoms. The van der Waals surface area contributed by atoms with Gasteiger partial charge in [0.2, 0.25) is 23.6 Å². The minimum absolute atomic E-state index is 0.0338. The number of likely N-dealkylation sites (tertiary alicyclic amines) is 2. The summed E-state index contributed by atoms with van der Waals surface area (Å²) in [6.07, 6.45) is 4.90.